The van der Waals surface area contributed by atoms with Gasteiger partial charge in [0.05, 0.1) is 0 Å². The molecule has 2 amide bonds. The Morgan fingerprint density at radius 3 is 2.61 bits per heavy atom. The number of nitrogens with one attached hydrogen (secondary N) is 2. The van der Waals surface area contributed by atoms with E-state index in [1.807, 2.05) is 23.1 Å². The number of piperidine rings is 1. The molecule has 0 atom stereocenters. The molecule has 0 unspecified atom stereocenters. The van der Waals surface area contributed by atoms with Crippen LogP contribution in [0.4, 0.5) is 11.4 Å². The molecule has 1 saturated heterocycles. The van der Waals surface area contributed by atoms with Gasteiger partial charge in [-0.15, -0.1) is 0 Å². The number of carbonyl (C=O) groups is 2. The molecule has 122 valence electrons. The highest BCUT2D eigenvalue weighted by Crippen LogP contribution is 2.37. The van der Waals surface area contributed by atoms with E-state index in [9.17, 15) is 9.59 Å². The molecular weight excluding hydrogens is 290 g/mol. The predicted octanol–water partition coefficient (Wildman–Crippen LogP) is 1.92. The lowest BCUT2D eigenvalue weighted by Gasteiger charge is -2.22. The Bertz CT molecular complexity index is 633. The fraction of sp³-hybridized carbons (Fsp3) is 0.556. The lowest BCUT2D eigenvalue weighted by molar-refractivity contribution is -0.121. The summed E-state index contributed by atoms with van der Waals surface area (Å²) in [6, 6.07) is 5.98. The van der Waals surface area contributed by atoms with E-state index in [1.165, 1.54) is 5.56 Å². The second-order valence-electron chi connectivity index (χ2n) is 6.87. The van der Waals surface area contributed by atoms with Gasteiger partial charge in [0.15, 0.2) is 0 Å². The van der Waals surface area contributed by atoms with Crippen molar-refractivity contribution in [2.45, 2.75) is 32.1 Å². The van der Waals surface area contributed by atoms with Crippen molar-refractivity contribution in [3.63, 3.8) is 0 Å². The molecular formula is C18H23N3O2. The fourth-order valence-corrected chi connectivity index (χ4v) is 3.56. The van der Waals surface area contributed by atoms with E-state index >= 15 is 0 Å². The van der Waals surface area contributed by atoms with Crippen molar-refractivity contribution in [1.29, 1.82) is 0 Å². The molecule has 5 heteroatoms. The molecule has 1 aromatic rings. The number of fused-ring (bicyclic) bond motifs is 1. The number of anilines is 2. The predicted molar refractivity (Wildman–Crippen MR) is 89.4 cm³/mol. The molecule has 5 nitrogen and oxygen atoms in total. The van der Waals surface area contributed by atoms with Gasteiger partial charge in [0.2, 0.25) is 11.8 Å². The minimum atomic E-state index is 0.0914. The van der Waals surface area contributed by atoms with Crippen LogP contribution in [0.25, 0.3) is 0 Å². The fourth-order valence-electron chi connectivity index (χ4n) is 3.56. The first-order chi connectivity index (χ1) is 11.2. The number of hydrogen-bond acceptors (Lipinski definition) is 3. The molecule has 2 heterocycles. The molecule has 2 aliphatic heterocycles. The number of benzene rings is 1. The maximum Gasteiger partial charge on any atom is 0.230 e. The lowest BCUT2D eigenvalue weighted by atomic mass is 9.97. The van der Waals surface area contributed by atoms with Gasteiger partial charge < -0.3 is 15.5 Å². The third kappa shape index (κ3) is 2.98. The highest BCUT2D eigenvalue weighted by Gasteiger charge is 2.36. The minimum Gasteiger partial charge on any atom is -0.326 e. The third-order valence-corrected chi connectivity index (χ3v) is 5.15. The van der Waals surface area contributed by atoms with Crippen LogP contribution in [0.5, 0.6) is 0 Å². The molecule has 23 heavy (non-hydrogen) atoms. The Hall–Kier alpha value is -1.88. The smallest absolute Gasteiger partial charge is 0.230 e. The van der Waals surface area contributed by atoms with Crippen molar-refractivity contribution in [2.75, 3.05) is 29.9 Å². The van der Waals surface area contributed by atoms with Gasteiger partial charge in [-0.2, -0.15) is 0 Å². The average Bonchev–Trinajstić information content (AvgIpc) is 3.35. The number of nitrogens with zero attached hydrogens (tertiary/aromatic N) is 1. The Morgan fingerprint density at radius 2 is 1.87 bits per heavy atom. The van der Waals surface area contributed by atoms with Crippen LogP contribution in [0.3, 0.4) is 0 Å². The Kier molecular flexibility index (Phi) is 3.81. The molecule has 1 aromatic carbocycles. The topological polar surface area (TPSA) is 61.4 Å². The largest absolute Gasteiger partial charge is 0.326 e. The summed E-state index contributed by atoms with van der Waals surface area (Å²) in [6.45, 7) is 2.59. The summed E-state index contributed by atoms with van der Waals surface area (Å²) >= 11 is 0. The number of hydrogen-bond donors (Lipinski definition) is 2. The number of amides is 2. The van der Waals surface area contributed by atoms with Crippen LogP contribution in [-0.4, -0.2) is 31.4 Å². The van der Waals surface area contributed by atoms with Crippen molar-refractivity contribution in [3.05, 3.63) is 23.8 Å². The Morgan fingerprint density at radius 1 is 1.09 bits per heavy atom. The zero-order chi connectivity index (χ0) is 15.8. The first kappa shape index (κ1) is 14.7. The van der Waals surface area contributed by atoms with Gasteiger partial charge in [-0.3, -0.25) is 9.59 Å². The summed E-state index contributed by atoms with van der Waals surface area (Å²) in [6.07, 6.45) is 4.75. The maximum absolute atomic E-state index is 12.4. The second kappa shape index (κ2) is 5.96. The zero-order valence-electron chi connectivity index (χ0n) is 13.3. The normalized spacial score (nSPS) is 21.1. The van der Waals surface area contributed by atoms with Gasteiger partial charge in [-0.25, -0.2) is 0 Å². The van der Waals surface area contributed by atoms with E-state index in [-0.39, 0.29) is 23.7 Å². The van der Waals surface area contributed by atoms with E-state index in [0.717, 1.165) is 63.1 Å². The van der Waals surface area contributed by atoms with Crippen LogP contribution in [0.15, 0.2) is 18.2 Å². The van der Waals surface area contributed by atoms with Crippen molar-refractivity contribution < 1.29 is 9.59 Å². The zero-order valence-corrected chi connectivity index (χ0v) is 13.3. The van der Waals surface area contributed by atoms with Crippen LogP contribution in [-0.2, 0) is 16.0 Å². The highest BCUT2D eigenvalue weighted by molar-refractivity contribution is 6.00. The summed E-state index contributed by atoms with van der Waals surface area (Å²) in [5, 5.41) is 6.32. The molecule has 0 bridgehead atoms. The van der Waals surface area contributed by atoms with Crippen LogP contribution < -0.4 is 15.5 Å². The summed E-state index contributed by atoms with van der Waals surface area (Å²) in [7, 11) is 0. The monoisotopic (exact) mass is 313 g/mol. The first-order valence-corrected chi connectivity index (χ1v) is 8.68. The van der Waals surface area contributed by atoms with Crippen molar-refractivity contribution in [3.8, 4) is 0 Å². The van der Waals surface area contributed by atoms with E-state index in [0.29, 0.717) is 0 Å². The van der Waals surface area contributed by atoms with Gasteiger partial charge in [0.1, 0.15) is 0 Å². The lowest BCUT2D eigenvalue weighted by Crippen LogP contribution is -2.34. The molecule has 0 radical (unpaired) electrons. The van der Waals surface area contributed by atoms with E-state index in [1.54, 1.807) is 0 Å². The van der Waals surface area contributed by atoms with Crippen molar-refractivity contribution in [1.82, 2.24) is 5.32 Å². The second-order valence-corrected chi connectivity index (χ2v) is 6.87. The van der Waals surface area contributed by atoms with Crippen LogP contribution >= 0.6 is 0 Å². The Labute approximate surface area is 136 Å². The van der Waals surface area contributed by atoms with E-state index < -0.39 is 0 Å². The minimum absolute atomic E-state index is 0.0914. The Balaban J connectivity index is 1.49. The van der Waals surface area contributed by atoms with Gasteiger partial charge in [-0.05, 0) is 62.9 Å². The first-order valence-electron chi connectivity index (χ1n) is 8.68. The van der Waals surface area contributed by atoms with Crippen LogP contribution in [0, 0.1) is 11.8 Å². The van der Waals surface area contributed by atoms with Crippen LogP contribution in [0.2, 0.25) is 0 Å². The van der Waals surface area contributed by atoms with Gasteiger partial charge in [-0.1, -0.05) is 6.07 Å². The standard InChI is InChI=1S/C18H23N3O2/c22-17(13-5-8-19-9-6-13)20-15-4-3-12-7-10-21(16(12)11-15)18(23)14-1-2-14/h3-4,11,13-14,19H,1-2,5-10H2,(H,20,22). The summed E-state index contributed by atoms with van der Waals surface area (Å²) in [5.41, 5.74) is 3.01. The average molecular weight is 313 g/mol. The van der Waals surface area contributed by atoms with E-state index in [2.05, 4.69) is 10.6 Å². The molecule has 2 fully saturated rings. The molecule has 1 aliphatic carbocycles. The maximum atomic E-state index is 12.4. The molecule has 0 aromatic heterocycles. The molecule has 1 saturated carbocycles. The number of carbonyl (C=O) groups excluding carboxylic acids is 2. The summed E-state index contributed by atoms with van der Waals surface area (Å²) in [5.74, 6) is 0.678. The summed E-state index contributed by atoms with van der Waals surface area (Å²) < 4.78 is 0. The van der Waals surface area contributed by atoms with Crippen molar-refractivity contribution >= 4 is 23.2 Å². The SMILES string of the molecule is O=C(Nc1ccc2c(c1)N(C(=O)C1CC1)CC2)C1CCNCC1. The van der Waals surface area contributed by atoms with Gasteiger partial charge in [0, 0.05) is 29.8 Å². The highest BCUT2D eigenvalue weighted by atomic mass is 16.2. The molecule has 2 N–H and O–H groups in total. The van der Waals surface area contributed by atoms with E-state index in [4.69, 9.17) is 0 Å². The summed E-state index contributed by atoms with van der Waals surface area (Å²) in [4.78, 5) is 26.7. The number of rotatable bonds is 3. The molecule has 0 spiro atoms. The van der Waals surface area contributed by atoms with Crippen molar-refractivity contribution in [2.24, 2.45) is 11.8 Å². The quantitative estimate of drug-likeness (QED) is 0.896. The molecule has 3 aliphatic rings. The van der Waals surface area contributed by atoms with Crippen LogP contribution in [0.1, 0.15) is 31.2 Å². The van der Waals surface area contributed by atoms with Gasteiger partial charge >= 0.3 is 0 Å². The third-order valence-electron chi connectivity index (χ3n) is 5.15. The van der Waals surface area contributed by atoms with Gasteiger partial charge in [0.25, 0.3) is 0 Å². The molecule has 4 rings (SSSR count).